The smallest absolute Gasteiger partial charge is 0.251 e. The van der Waals surface area contributed by atoms with E-state index in [1.54, 1.807) is 36.4 Å². The number of nitrogens with zero attached hydrogens (tertiary/aromatic N) is 1. The molecule has 32 heavy (non-hydrogen) atoms. The lowest BCUT2D eigenvalue weighted by Crippen LogP contribution is -2.51. The Kier molecular flexibility index (Phi) is 7.70. The highest BCUT2D eigenvalue weighted by atomic mass is 19.1. The molecule has 0 radical (unpaired) electrons. The van der Waals surface area contributed by atoms with E-state index in [-0.39, 0.29) is 18.9 Å². The molecule has 3 aromatic carbocycles. The van der Waals surface area contributed by atoms with Gasteiger partial charge in [-0.15, -0.1) is 0 Å². The lowest BCUT2D eigenvalue weighted by Gasteiger charge is -2.25. The van der Waals surface area contributed by atoms with Crippen LogP contribution < -0.4 is 15.5 Å². The fourth-order valence-electron chi connectivity index (χ4n) is 3.19. The van der Waals surface area contributed by atoms with Crippen LogP contribution in [0.5, 0.6) is 0 Å². The molecule has 0 aromatic heterocycles. The van der Waals surface area contributed by atoms with Crippen molar-refractivity contribution in [2.45, 2.75) is 12.5 Å². The molecule has 164 valence electrons. The highest BCUT2D eigenvalue weighted by Crippen LogP contribution is 2.16. The third kappa shape index (κ3) is 6.25. The molecule has 7 heteroatoms. The Hall–Kier alpha value is -4.00. The van der Waals surface area contributed by atoms with Crippen molar-refractivity contribution in [1.82, 2.24) is 10.6 Å². The van der Waals surface area contributed by atoms with Crippen LogP contribution in [0.2, 0.25) is 0 Å². The van der Waals surface area contributed by atoms with Crippen molar-refractivity contribution in [1.29, 1.82) is 0 Å². The van der Waals surface area contributed by atoms with E-state index in [4.69, 9.17) is 0 Å². The summed E-state index contributed by atoms with van der Waals surface area (Å²) in [6.45, 7) is -0.282. The Labute approximate surface area is 186 Å². The Balaban J connectivity index is 1.70. The monoisotopic (exact) mass is 433 g/mol. The van der Waals surface area contributed by atoms with Crippen LogP contribution in [0.3, 0.4) is 0 Å². The maximum Gasteiger partial charge on any atom is 0.251 e. The zero-order chi connectivity index (χ0) is 22.9. The van der Waals surface area contributed by atoms with E-state index in [0.717, 1.165) is 5.56 Å². The number of hydrogen-bond donors (Lipinski definition) is 2. The number of carbonyl (C=O) groups excluding carboxylic acids is 3. The SMILES string of the molecule is CN(C(=O)C(Cc1ccccc1)NC(=O)CNC(=O)c1ccccc1)c1cccc(F)c1. The molecule has 0 heterocycles. The fourth-order valence-corrected chi connectivity index (χ4v) is 3.19. The summed E-state index contributed by atoms with van der Waals surface area (Å²) in [5, 5.41) is 5.25. The zero-order valence-corrected chi connectivity index (χ0v) is 17.6. The maximum atomic E-state index is 13.6. The first-order valence-corrected chi connectivity index (χ1v) is 10.1. The molecule has 0 aliphatic heterocycles. The molecule has 2 N–H and O–H groups in total. The minimum Gasteiger partial charge on any atom is -0.343 e. The lowest BCUT2D eigenvalue weighted by atomic mass is 10.0. The Morgan fingerprint density at radius 2 is 1.56 bits per heavy atom. The Morgan fingerprint density at radius 1 is 0.906 bits per heavy atom. The van der Waals surface area contributed by atoms with E-state index in [2.05, 4.69) is 10.6 Å². The van der Waals surface area contributed by atoms with Gasteiger partial charge in [-0.2, -0.15) is 0 Å². The van der Waals surface area contributed by atoms with Gasteiger partial charge in [0.2, 0.25) is 11.8 Å². The second-order valence-electron chi connectivity index (χ2n) is 7.24. The fraction of sp³-hybridized carbons (Fsp3) is 0.160. The number of anilines is 1. The summed E-state index contributed by atoms with van der Waals surface area (Å²) in [4.78, 5) is 39.2. The van der Waals surface area contributed by atoms with Gasteiger partial charge in [0.25, 0.3) is 5.91 Å². The number of carbonyl (C=O) groups is 3. The molecular weight excluding hydrogens is 409 g/mol. The van der Waals surface area contributed by atoms with Gasteiger partial charge in [-0.1, -0.05) is 54.6 Å². The van der Waals surface area contributed by atoms with E-state index < -0.39 is 23.7 Å². The molecule has 0 aliphatic carbocycles. The summed E-state index contributed by atoms with van der Waals surface area (Å²) in [5.41, 5.74) is 1.66. The average molecular weight is 433 g/mol. The minimum absolute atomic E-state index is 0.248. The molecule has 1 atom stereocenters. The summed E-state index contributed by atoms with van der Waals surface area (Å²) >= 11 is 0. The summed E-state index contributed by atoms with van der Waals surface area (Å²) in [7, 11) is 1.53. The second-order valence-corrected chi connectivity index (χ2v) is 7.24. The van der Waals surface area contributed by atoms with Crippen LogP contribution in [0, 0.1) is 5.82 Å². The Bertz CT molecular complexity index is 1070. The van der Waals surface area contributed by atoms with Crippen LogP contribution in [0.25, 0.3) is 0 Å². The van der Waals surface area contributed by atoms with Crippen molar-refractivity contribution in [2.75, 3.05) is 18.5 Å². The molecule has 0 bridgehead atoms. The number of rotatable bonds is 8. The van der Waals surface area contributed by atoms with Crippen LogP contribution in [-0.4, -0.2) is 37.4 Å². The first-order chi connectivity index (χ1) is 15.4. The maximum absolute atomic E-state index is 13.6. The first kappa shape index (κ1) is 22.7. The van der Waals surface area contributed by atoms with Gasteiger partial charge in [0, 0.05) is 24.7 Å². The molecule has 0 saturated heterocycles. The van der Waals surface area contributed by atoms with Gasteiger partial charge < -0.3 is 15.5 Å². The molecule has 0 fully saturated rings. The van der Waals surface area contributed by atoms with Crippen LogP contribution in [0.4, 0.5) is 10.1 Å². The number of benzene rings is 3. The van der Waals surface area contributed by atoms with Crippen molar-refractivity contribution in [3.63, 3.8) is 0 Å². The first-order valence-electron chi connectivity index (χ1n) is 10.1. The van der Waals surface area contributed by atoms with Gasteiger partial charge in [0.15, 0.2) is 0 Å². The van der Waals surface area contributed by atoms with Crippen LogP contribution in [-0.2, 0) is 16.0 Å². The van der Waals surface area contributed by atoms with Gasteiger partial charge in [-0.3, -0.25) is 14.4 Å². The topological polar surface area (TPSA) is 78.5 Å². The van der Waals surface area contributed by atoms with Crippen LogP contribution in [0.15, 0.2) is 84.9 Å². The van der Waals surface area contributed by atoms with Gasteiger partial charge in [-0.05, 0) is 35.9 Å². The van der Waals surface area contributed by atoms with Crippen molar-refractivity contribution in [3.05, 3.63) is 102 Å². The molecular formula is C25H24FN3O3. The normalized spacial score (nSPS) is 11.3. The largest absolute Gasteiger partial charge is 0.343 e. The third-order valence-electron chi connectivity index (χ3n) is 4.89. The predicted molar refractivity (Wildman–Crippen MR) is 121 cm³/mol. The van der Waals surface area contributed by atoms with E-state index in [1.165, 1.54) is 30.1 Å². The van der Waals surface area contributed by atoms with Crippen molar-refractivity contribution >= 4 is 23.4 Å². The van der Waals surface area contributed by atoms with Crippen LogP contribution in [0.1, 0.15) is 15.9 Å². The van der Waals surface area contributed by atoms with Crippen molar-refractivity contribution < 1.29 is 18.8 Å². The number of hydrogen-bond acceptors (Lipinski definition) is 3. The molecule has 0 spiro atoms. The van der Waals surface area contributed by atoms with Gasteiger partial charge >= 0.3 is 0 Å². The number of nitrogens with one attached hydrogen (secondary N) is 2. The van der Waals surface area contributed by atoms with Gasteiger partial charge in [0.1, 0.15) is 11.9 Å². The predicted octanol–water partition coefficient (Wildman–Crippen LogP) is 2.95. The minimum atomic E-state index is -0.896. The number of halogens is 1. The molecule has 6 nitrogen and oxygen atoms in total. The molecule has 3 rings (SSSR count). The quantitative estimate of drug-likeness (QED) is 0.573. The molecule has 0 aliphatic rings. The third-order valence-corrected chi connectivity index (χ3v) is 4.89. The standard InChI is InChI=1S/C25H24FN3O3/c1-29(21-14-8-13-20(26)16-21)25(32)22(15-18-9-4-2-5-10-18)28-23(30)17-27-24(31)19-11-6-3-7-12-19/h2-14,16,22H,15,17H2,1H3,(H,27,31)(H,28,30). The summed E-state index contributed by atoms with van der Waals surface area (Å²) in [6, 6.07) is 22.5. The van der Waals surface area contributed by atoms with Crippen molar-refractivity contribution in [2.24, 2.45) is 0 Å². The van der Waals surface area contributed by atoms with E-state index in [9.17, 15) is 18.8 Å². The molecule has 0 saturated carbocycles. The molecule has 3 amide bonds. The van der Waals surface area contributed by atoms with Gasteiger partial charge in [-0.25, -0.2) is 4.39 Å². The highest BCUT2D eigenvalue weighted by molar-refractivity contribution is 6.00. The second kappa shape index (κ2) is 10.9. The molecule has 3 aromatic rings. The van der Waals surface area contributed by atoms with Gasteiger partial charge in [0.05, 0.1) is 6.54 Å². The van der Waals surface area contributed by atoms with Crippen LogP contribution >= 0.6 is 0 Å². The van der Waals surface area contributed by atoms with Crippen molar-refractivity contribution in [3.8, 4) is 0 Å². The van der Waals surface area contributed by atoms with E-state index >= 15 is 0 Å². The van der Waals surface area contributed by atoms with E-state index in [1.807, 2.05) is 30.3 Å². The summed E-state index contributed by atoms with van der Waals surface area (Å²) < 4.78 is 13.6. The zero-order valence-electron chi connectivity index (χ0n) is 17.6. The highest BCUT2D eigenvalue weighted by Gasteiger charge is 2.25. The number of likely N-dealkylation sites (N-methyl/N-ethyl adjacent to an activating group) is 1. The number of amides is 3. The lowest BCUT2D eigenvalue weighted by molar-refractivity contribution is -0.126. The Morgan fingerprint density at radius 3 is 2.22 bits per heavy atom. The summed E-state index contributed by atoms with van der Waals surface area (Å²) in [5.74, 6) is -1.75. The summed E-state index contributed by atoms with van der Waals surface area (Å²) in [6.07, 6.45) is 0.248. The average Bonchev–Trinajstić information content (AvgIpc) is 2.82. The van der Waals surface area contributed by atoms with E-state index in [0.29, 0.717) is 11.3 Å². The molecule has 1 unspecified atom stereocenters.